The van der Waals surface area contributed by atoms with Crippen molar-refractivity contribution in [1.29, 1.82) is 0 Å². The van der Waals surface area contributed by atoms with E-state index in [1.807, 2.05) is 35.2 Å². The minimum atomic E-state index is -0.381. The minimum Gasteiger partial charge on any atom is -0.393 e. The molecule has 2 aromatic rings. The van der Waals surface area contributed by atoms with E-state index in [0.29, 0.717) is 12.1 Å². The van der Waals surface area contributed by atoms with Gasteiger partial charge in [-0.2, -0.15) is 5.10 Å². The molecule has 1 amide bonds. The Labute approximate surface area is 130 Å². The number of carbonyl (C=O) groups excluding carboxylic acids is 1. The molecule has 0 saturated carbocycles. The van der Waals surface area contributed by atoms with Crippen molar-refractivity contribution in [2.24, 2.45) is 5.92 Å². The molecule has 1 saturated heterocycles. The highest BCUT2D eigenvalue weighted by atomic mass is 16.3. The number of rotatable bonds is 3. The fourth-order valence-electron chi connectivity index (χ4n) is 3.03. The molecule has 1 fully saturated rings. The van der Waals surface area contributed by atoms with Crippen molar-refractivity contribution in [3.05, 3.63) is 42.1 Å². The van der Waals surface area contributed by atoms with Crippen molar-refractivity contribution in [3.8, 4) is 11.3 Å². The van der Waals surface area contributed by atoms with Crippen molar-refractivity contribution in [2.75, 3.05) is 13.1 Å². The molecular formula is C17H21N3O2. The van der Waals surface area contributed by atoms with E-state index < -0.39 is 0 Å². The molecule has 116 valence electrons. The second kappa shape index (κ2) is 6.32. The zero-order valence-electron chi connectivity index (χ0n) is 12.7. The average Bonchev–Trinajstić information content (AvgIpc) is 3.04. The number of nitrogens with one attached hydrogen (secondary N) is 1. The van der Waals surface area contributed by atoms with Crippen molar-refractivity contribution in [3.63, 3.8) is 0 Å². The highest BCUT2D eigenvalue weighted by Crippen LogP contribution is 2.25. The second-order valence-electron chi connectivity index (χ2n) is 5.92. The van der Waals surface area contributed by atoms with Gasteiger partial charge in [0.1, 0.15) is 0 Å². The van der Waals surface area contributed by atoms with Crippen LogP contribution in [-0.4, -0.2) is 45.3 Å². The maximum atomic E-state index is 12.8. The standard InChI is InChI=1S/C17H21N3O2/c1-12(21)14-8-5-9-20(11-14)17(22)15-10-18-19-16(15)13-6-3-2-4-7-13/h2-4,6-7,10,12,14,21H,5,8-9,11H2,1H3,(H,18,19). The molecule has 1 aromatic carbocycles. The van der Waals surface area contributed by atoms with E-state index in [4.69, 9.17) is 0 Å². The highest BCUT2D eigenvalue weighted by Gasteiger charge is 2.28. The highest BCUT2D eigenvalue weighted by molar-refractivity contribution is 5.99. The van der Waals surface area contributed by atoms with Crippen LogP contribution in [0.5, 0.6) is 0 Å². The number of aromatic nitrogens is 2. The van der Waals surface area contributed by atoms with Crippen LogP contribution in [0.3, 0.4) is 0 Å². The van der Waals surface area contributed by atoms with E-state index in [9.17, 15) is 9.90 Å². The Morgan fingerprint density at radius 1 is 1.41 bits per heavy atom. The average molecular weight is 299 g/mol. The van der Waals surface area contributed by atoms with Gasteiger partial charge in [0.15, 0.2) is 0 Å². The summed E-state index contributed by atoms with van der Waals surface area (Å²) < 4.78 is 0. The number of hydrogen-bond acceptors (Lipinski definition) is 3. The van der Waals surface area contributed by atoms with Crippen LogP contribution >= 0.6 is 0 Å². The molecule has 1 aliphatic heterocycles. The number of aliphatic hydroxyl groups excluding tert-OH is 1. The molecule has 0 radical (unpaired) electrons. The molecule has 0 spiro atoms. The third-order valence-corrected chi connectivity index (χ3v) is 4.36. The number of H-pyrrole nitrogens is 1. The van der Waals surface area contributed by atoms with Gasteiger partial charge in [-0.1, -0.05) is 30.3 Å². The molecule has 2 atom stereocenters. The molecule has 2 unspecified atom stereocenters. The van der Waals surface area contributed by atoms with E-state index in [0.717, 1.165) is 30.6 Å². The maximum Gasteiger partial charge on any atom is 0.257 e. The van der Waals surface area contributed by atoms with E-state index in [1.54, 1.807) is 13.1 Å². The number of hydrogen-bond donors (Lipinski definition) is 2. The monoisotopic (exact) mass is 299 g/mol. The molecule has 5 nitrogen and oxygen atoms in total. The number of nitrogens with zero attached hydrogens (tertiary/aromatic N) is 2. The van der Waals surface area contributed by atoms with Crippen molar-refractivity contribution in [2.45, 2.75) is 25.9 Å². The SMILES string of the molecule is CC(O)C1CCCN(C(=O)c2cn[nH]c2-c2ccccc2)C1. The maximum absolute atomic E-state index is 12.8. The van der Waals surface area contributed by atoms with Gasteiger partial charge >= 0.3 is 0 Å². The number of aromatic amines is 1. The van der Waals surface area contributed by atoms with Crippen LogP contribution in [0.25, 0.3) is 11.3 Å². The van der Waals surface area contributed by atoms with Gasteiger partial charge in [-0.3, -0.25) is 9.89 Å². The third-order valence-electron chi connectivity index (χ3n) is 4.36. The van der Waals surface area contributed by atoms with Gasteiger partial charge in [0, 0.05) is 24.6 Å². The van der Waals surface area contributed by atoms with Gasteiger partial charge in [-0.25, -0.2) is 0 Å². The fraction of sp³-hybridized carbons (Fsp3) is 0.412. The Morgan fingerprint density at radius 3 is 2.91 bits per heavy atom. The predicted octanol–water partition coefficient (Wildman–Crippen LogP) is 2.31. The normalized spacial score (nSPS) is 19.9. The van der Waals surface area contributed by atoms with E-state index in [2.05, 4.69) is 10.2 Å². The first-order valence-corrected chi connectivity index (χ1v) is 7.73. The lowest BCUT2D eigenvalue weighted by Gasteiger charge is -2.34. The summed E-state index contributed by atoms with van der Waals surface area (Å²) >= 11 is 0. The Hall–Kier alpha value is -2.14. The molecule has 5 heteroatoms. The fourth-order valence-corrected chi connectivity index (χ4v) is 3.03. The summed E-state index contributed by atoms with van der Waals surface area (Å²) in [6, 6.07) is 9.74. The topological polar surface area (TPSA) is 69.2 Å². The number of carbonyl (C=O) groups is 1. The van der Waals surface area contributed by atoms with Gasteiger partial charge in [-0.05, 0) is 19.8 Å². The van der Waals surface area contributed by atoms with Gasteiger partial charge < -0.3 is 10.0 Å². The molecule has 1 aromatic heterocycles. The number of likely N-dealkylation sites (tertiary alicyclic amines) is 1. The van der Waals surface area contributed by atoms with Crippen LogP contribution < -0.4 is 0 Å². The quantitative estimate of drug-likeness (QED) is 0.913. The summed E-state index contributed by atoms with van der Waals surface area (Å²) in [6.07, 6.45) is 3.11. The molecule has 0 bridgehead atoms. The van der Waals surface area contributed by atoms with Crippen molar-refractivity contribution in [1.82, 2.24) is 15.1 Å². The van der Waals surface area contributed by atoms with Gasteiger partial charge in [-0.15, -0.1) is 0 Å². The number of piperidine rings is 1. The van der Waals surface area contributed by atoms with Crippen LogP contribution in [0.4, 0.5) is 0 Å². The lowest BCUT2D eigenvalue weighted by Crippen LogP contribution is -2.43. The molecule has 2 N–H and O–H groups in total. The summed E-state index contributed by atoms with van der Waals surface area (Å²) in [4.78, 5) is 14.6. The largest absolute Gasteiger partial charge is 0.393 e. The Balaban J connectivity index is 1.83. The van der Waals surface area contributed by atoms with Crippen LogP contribution in [0, 0.1) is 5.92 Å². The van der Waals surface area contributed by atoms with Crippen LogP contribution in [0.2, 0.25) is 0 Å². The zero-order valence-corrected chi connectivity index (χ0v) is 12.7. The summed E-state index contributed by atoms with van der Waals surface area (Å²) in [5, 5.41) is 16.8. The molecular weight excluding hydrogens is 278 g/mol. The second-order valence-corrected chi connectivity index (χ2v) is 5.92. The van der Waals surface area contributed by atoms with Gasteiger partial charge in [0.2, 0.25) is 0 Å². The lowest BCUT2D eigenvalue weighted by molar-refractivity contribution is 0.0466. The van der Waals surface area contributed by atoms with E-state index in [-0.39, 0.29) is 17.9 Å². The first-order chi connectivity index (χ1) is 10.7. The molecule has 2 heterocycles. The Morgan fingerprint density at radius 2 is 2.18 bits per heavy atom. The molecule has 0 aliphatic carbocycles. The van der Waals surface area contributed by atoms with Crippen molar-refractivity contribution < 1.29 is 9.90 Å². The van der Waals surface area contributed by atoms with Crippen molar-refractivity contribution >= 4 is 5.91 Å². The number of amides is 1. The predicted molar refractivity (Wildman–Crippen MR) is 84.3 cm³/mol. The first kappa shape index (κ1) is 14.8. The molecule has 1 aliphatic rings. The molecule has 3 rings (SSSR count). The van der Waals surface area contributed by atoms with Gasteiger partial charge in [0.25, 0.3) is 5.91 Å². The zero-order chi connectivity index (χ0) is 15.5. The first-order valence-electron chi connectivity index (χ1n) is 7.73. The smallest absolute Gasteiger partial charge is 0.257 e. The lowest BCUT2D eigenvalue weighted by atomic mass is 9.93. The summed E-state index contributed by atoms with van der Waals surface area (Å²) in [5.74, 6) is 0.141. The number of benzene rings is 1. The van der Waals surface area contributed by atoms with Crippen LogP contribution in [0.15, 0.2) is 36.5 Å². The summed E-state index contributed by atoms with van der Waals surface area (Å²) in [7, 11) is 0. The molecule has 22 heavy (non-hydrogen) atoms. The van der Waals surface area contributed by atoms with Crippen LogP contribution in [-0.2, 0) is 0 Å². The van der Waals surface area contributed by atoms with Gasteiger partial charge in [0.05, 0.1) is 23.6 Å². The van der Waals surface area contributed by atoms with Crippen LogP contribution in [0.1, 0.15) is 30.1 Å². The minimum absolute atomic E-state index is 0.0158. The third kappa shape index (κ3) is 2.90. The van der Waals surface area contributed by atoms with E-state index >= 15 is 0 Å². The van der Waals surface area contributed by atoms with E-state index in [1.165, 1.54) is 0 Å². The summed E-state index contributed by atoms with van der Waals surface area (Å²) in [6.45, 7) is 3.14. The Kier molecular flexibility index (Phi) is 4.24. The number of aliphatic hydroxyl groups is 1. The Bertz CT molecular complexity index is 636. The summed E-state index contributed by atoms with van der Waals surface area (Å²) in [5.41, 5.74) is 2.30.